The van der Waals surface area contributed by atoms with Crippen molar-refractivity contribution < 1.29 is 10.2 Å². The third kappa shape index (κ3) is 3.76. The zero-order chi connectivity index (χ0) is 15.6. The van der Waals surface area contributed by atoms with Crippen molar-refractivity contribution in [3.05, 3.63) is 28.8 Å². The maximum absolute atomic E-state index is 10.7. The van der Waals surface area contributed by atoms with Crippen molar-refractivity contribution >= 4 is 0 Å². The van der Waals surface area contributed by atoms with Gasteiger partial charge in [0.05, 0.1) is 0 Å². The maximum atomic E-state index is 10.7. The lowest BCUT2D eigenvalue weighted by atomic mass is 9.76. The minimum absolute atomic E-state index is 0.0424. The average molecular weight is 278 g/mol. The van der Waals surface area contributed by atoms with Gasteiger partial charge in [-0.05, 0) is 41.2 Å². The van der Waals surface area contributed by atoms with Crippen LogP contribution in [-0.4, -0.2) is 16.8 Å². The van der Waals surface area contributed by atoms with Crippen molar-refractivity contribution in [3.8, 4) is 5.75 Å². The molecule has 0 atom stereocenters. The van der Waals surface area contributed by atoms with Crippen LogP contribution in [0.15, 0.2) is 12.1 Å². The van der Waals surface area contributed by atoms with Gasteiger partial charge in [0.2, 0.25) is 0 Å². The second-order valence-electron chi connectivity index (χ2n) is 7.35. The number of hydrogen-bond acceptors (Lipinski definition) is 2. The van der Waals surface area contributed by atoms with Crippen LogP contribution in [0.4, 0.5) is 0 Å². The first kappa shape index (κ1) is 17.0. The van der Waals surface area contributed by atoms with Crippen LogP contribution in [0.5, 0.6) is 5.75 Å². The summed E-state index contributed by atoms with van der Waals surface area (Å²) in [6.45, 7) is 13.1. The maximum Gasteiger partial charge on any atom is 0.123 e. The summed E-state index contributed by atoms with van der Waals surface area (Å²) in [5, 5.41) is 19.7. The second kappa shape index (κ2) is 6.17. The first-order valence-corrected chi connectivity index (χ1v) is 7.61. The number of aryl methyl sites for hydroxylation is 1. The normalized spacial score (nSPS) is 12.8. The molecule has 1 rings (SSSR count). The zero-order valence-corrected chi connectivity index (χ0v) is 13.9. The van der Waals surface area contributed by atoms with E-state index in [9.17, 15) is 5.11 Å². The number of phenols is 1. The Morgan fingerprint density at radius 1 is 1.00 bits per heavy atom. The summed E-state index contributed by atoms with van der Waals surface area (Å²) < 4.78 is 0. The fraction of sp³-hybridized carbons (Fsp3) is 0.667. The summed E-state index contributed by atoms with van der Waals surface area (Å²) in [4.78, 5) is 0. The zero-order valence-electron chi connectivity index (χ0n) is 13.9. The molecule has 114 valence electrons. The molecular formula is C18H30O2. The first-order valence-electron chi connectivity index (χ1n) is 7.61. The summed E-state index contributed by atoms with van der Waals surface area (Å²) in [5.74, 6) is 0.442. The van der Waals surface area contributed by atoms with Crippen molar-refractivity contribution in [2.45, 2.75) is 71.6 Å². The van der Waals surface area contributed by atoms with Crippen molar-refractivity contribution in [2.75, 3.05) is 6.61 Å². The molecule has 0 spiro atoms. The number of aromatic hydroxyl groups is 1. The molecular weight excluding hydrogens is 248 g/mol. The lowest BCUT2D eigenvalue weighted by molar-refractivity contribution is 0.288. The molecule has 0 unspecified atom stereocenters. The van der Waals surface area contributed by atoms with Gasteiger partial charge in [-0.1, -0.05) is 53.7 Å². The van der Waals surface area contributed by atoms with Crippen LogP contribution in [-0.2, 0) is 17.3 Å². The van der Waals surface area contributed by atoms with Crippen LogP contribution in [0.25, 0.3) is 0 Å². The highest BCUT2D eigenvalue weighted by Crippen LogP contribution is 2.41. The van der Waals surface area contributed by atoms with Crippen LogP contribution >= 0.6 is 0 Å². The molecule has 0 saturated carbocycles. The predicted octanol–water partition coefficient (Wildman–Crippen LogP) is 4.30. The van der Waals surface area contributed by atoms with Crippen LogP contribution in [0.1, 0.15) is 71.1 Å². The van der Waals surface area contributed by atoms with E-state index in [-0.39, 0.29) is 17.4 Å². The fourth-order valence-corrected chi connectivity index (χ4v) is 2.40. The molecule has 0 bridgehead atoms. The van der Waals surface area contributed by atoms with Crippen LogP contribution in [0, 0.1) is 0 Å². The second-order valence-corrected chi connectivity index (χ2v) is 7.35. The van der Waals surface area contributed by atoms with Gasteiger partial charge in [0.15, 0.2) is 0 Å². The van der Waals surface area contributed by atoms with Gasteiger partial charge >= 0.3 is 0 Å². The van der Waals surface area contributed by atoms with Gasteiger partial charge in [-0.3, -0.25) is 0 Å². The number of phenolic OH excluding ortho intramolecular Hbond substituents is 1. The minimum atomic E-state index is -0.0854. The molecule has 0 fully saturated rings. The van der Waals surface area contributed by atoms with Crippen molar-refractivity contribution in [1.29, 1.82) is 0 Å². The van der Waals surface area contributed by atoms with E-state index in [1.165, 1.54) is 5.56 Å². The fourth-order valence-electron chi connectivity index (χ4n) is 2.40. The van der Waals surface area contributed by atoms with Crippen molar-refractivity contribution in [2.24, 2.45) is 0 Å². The van der Waals surface area contributed by atoms with Gasteiger partial charge in [-0.15, -0.1) is 0 Å². The first-order chi connectivity index (χ1) is 9.13. The van der Waals surface area contributed by atoms with E-state index < -0.39 is 0 Å². The third-order valence-corrected chi connectivity index (χ3v) is 4.21. The summed E-state index contributed by atoms with van der Waals surface area (Å²) in [6.07, 6.45) is 2.60. The van der Waals surface area contributed by atoms with Crippen LogP contribution in [0.3, 0.4) is 0 Å². The molecule has 1 aromatic carbocycles. The Labute approximate surface area is 123 Å². The number of aliphatic hydroxyl groups is 1. The molecule has 20 heavy (non-hydrogen) atoms. The van der Waals surface area contributed by atoms with E-state index in [4.69, 9.17) is 5.11 Å². The SMILES string of the molecule is CCC(C)(C)c1cc(CCCO)cc(C(C)(C)C)c1O. The Morgan fingerprint density at radius 3 is 2.00 bits per heavy atom. The van der Waals surface area contributed by atoms with Crippen molar-refractivity contribution in [1.82, 2.24) is 0 Å². The highest BCUT2D eigenvalue weighted by Gasteiger charge is 2.28. The van der Waals surface area contributed by atoms with Crippen LogP contribution in [0.2, 0.25) is 0 Å². The molecule has 0 heterocycles. The highest BCUT2D eigenvalue weighted by atomic mass is 16.3. The van der Waals surface area contributed by atoms with E-state index >= 15 is 0 Å². The summed E-state index contributed by atoms with van der Waals surface area (Å²) in [6, 6.07) is 4.21. The Balaban J connectivity index is 3.43. The van der Waals surface area contributed by atoms with Crippen LogP contribution < -0.4 is 0 Å². The number of benzene rings is 1. The van der Waals surface area contributed by atoms with E-state index in [1.54, 1.807) is 0 Å². The van der Waals surface area contributed by atoms with E-state index in [2.05, 4.69) is 53.7 Å². The quantitative estimate of drug-likeness (QED) is 0.843. The smallest absolute Gasteiger partial charge is 0.123 e. The van der Waals surface area contributed by atoms with Gasteiger partial charge < -0.3 is 10.2 Å². The molecule has 0 aliphatic carbocycles. The van der Waals surface area contributed by atoms with E-state index in [0.29, 0.717) is 5.75 Å². The molecule has 0 radical (unpaired) electrons. The molecule has 2 nitrogen and oxygen atoms in total. The topological polar surface area (TPSA) is 40.5 Å². The lowest BCUT2D eigenvalue weighted by Gasteiger charge is -2.30. The minimum Gasteiger partial charge on any atom is -0.507 e. The van der Waals surface area contributed by atoms with Gasteiger partial charge in [-0.25, -0.2) is 0 Å². The Kier molecular flexibility index (Phi) is 5.26. The summed E-state index contributed by atoms with van der Waals surface area (Å²) in [7, 11) is 0. The van der Waals surface area contributed by atoms with E-state index in [1.807, 2.05) is 0 Å². The standard InChI is InChI=1S/C18H30O2/c1-7-18(5,6)15-12-13(9-8-10-19)11-14(16(15)20)17(2,3)4/h11-12,19-20H,7-10H2,1-6H3. The van der Waals surface area contributed by atoms with Gasteiger partial charge in [0.1, 0.15) is 5.75 Å². The summed E-state index contributed by atoms with van der Waals surface area (Å²) in [5.41, 5.74) is 3.11. The van der Waals surface area contributed by atoms with Gasteiger partial charge in [-0.2, -0.15) is 0 Å². The molecule has 0 saturated heterocycles. The average Bonchev–Trinajstić information content (AvgIpc) is 2.35. The molecule has 1 aromatic rings. The largest absolute Gasteiger partial charge is 0.507 e. The van der Waals surface area contributed by atoms with E-state index in [0.717, 1.165) is 30.4 Å². The molecule has 2 heteroatoms. The predicted molar refractivity (Wildman–Crippen MR) is 85.5 cm³/mol. The molecule has 0 aromatic heterocycles. The van der Waals surface area contributed by atoms with Crippen molar-refractivity contribution in [3.63, 3.8) is 0 Å². The third-order valence-electron chi connectivity index (χ3n) is 4.21. The molecule has 0 aliphatic heterocycles. The van der Waals surface area contributed by atoms with Gasteiger partial charge in [0, 0.05) is 12.2 Å². The Bertz CT molecular complexity index is 453. The molecule has 0 amide bonds. The monoisotopic (exact) mass is 278 g/mol. The Hall–Kier alpha value is -1.02. The number of hydrogen-bond donors (Lipinski definition) is 2. The molecule has 0 aliphatic rings. The molecule has 2 N–H and O–H groups in total. The number of rotatable bonds is 5. The Morgan fingerprint density at radius 2 is 1.55 bits per heavy atom. The van der Waals surface area contributed by atoms with Gasteiger partial charge in [0.25, 0.3) is 0 Å². The lowest BCUT2D eigenvalue weighted by Crippen LogP contribution is -2.20. The number of aliphatic hydroxyl groups excluding tert-OH is 1. The summed E-state index contributed by atoms with van der Waals surface area (Å²) >= 11 is 0. The highest BCUT2D eigenvalue weighted by molar-refractivity contribution is 5.50.